The molecule has 0 aliphatic rings. The second-order valence-corrected chi connectivity index (χ2v) is 4.44. The molecule has 1 aromatic carbocycles. The Morgan fingerprint density at radius 1 is 1.11 bits per heavy atom. The first-order valence-corrected chi connectivity index (χ1v) is 6.21. The van der Waals surface area contributed by atoms with Crippen molar-refractivity contribution in [1.82, 2.24) is 0 Å². The van der Waals surface area contributed by atoms with E-state index in [0.29, 0.717) is 0 Å². The Labute approximate surface area is 113 Å². The highest BCUT2D eigenvalue weighted by molar-refractivity contribution is 5.43. The SMILES string of the molecule is COc1ccc(CC(N)Cc2ccco2)cc1OC. The van der Waals surface area contributed by atoms with Crippen LogP contribution in [-0.2, 0) is 12.8 Å². The number of rotatable bonds is 6. The van der Waals surface area contributed by atoms with Crippen LogP contribution in [0.3, 0.4) is 0 Å². The highest BCUT2D eigenvalue weighted by Gasteiger charge is 2.10. The van der Waals surface area contributed by atoms with Crippen LogP contribution in [0.2, 0.25) is 0 Å². The zero-order chi connectivity index (χ0) is 13.7. The van der Waals surface area contributed by atoms with E-state index in [9.17, 15) is 0 Å². The Morgan fingerprint density at radius 3 is 2.53 bits per heavy atom. The average Bonchev–Trinajstić information content (AvgIpc) is 2.91. The molecule has 2 N–H and O–H groups in total. The van der Waals surface area contributed by atoms with Crippen molar-refractivity contribution in [2.24, 2.45) is 5.73 Å². The van der Waals surface area contributed by atoms with E-state index in [1.807, 2.05) is 30.3 Å². The van der Waals surface area contributed by atoms with Crippen LogP contribution in [-0.4, -0.2) is 20.3 Å². The molecule has 0 spiro atoms. The Balaban J connectivity index is 2.02. The number of furan rings is 1. The molecule has 0 bridgehead atoms. The van der Waals surface area contributed by atoms with Crippen molar-refractivity contribution in [2.75, 3.05) is 14.2 Å². The molecular weight excluding hydrogens is 242 g/mol. The number of methoxy groups -OCH3 is 2. The lowest BCUT2D eigenvalue weighted by Crippen LogP contribution is -2.25. The molecule has 0 fully saturated rings. The standard InChI is InChI=1S/C15H19NO3/c1-17-14-6-5-11(9-15(14)18-2)8-12(16)10-13-4-3-7-19-13/h3-7,9,12H,8,10,16H2,1-2H3. The first kappa shape index (κ1) is 13.5. The third-order valence-corrected chi connectivity index (χ3v) is 2.99. The zero-order valence-corrected chi connectivity index (χ0v) is 11.3. The Hall–Kier alpha value is -1.94. The van der Waals surface area contributed by atoms with Gasteiger partial charge in [0.2, 0.25) is 0 Å². The van der Waals surface area contributed by atoms with E-state index in [1.165, 1.54) is 0 Å². The molecule has 0 amide bonds. The first-order chi connectivity index (χ1) is 9.22. The summed E-state index contributed by atoms with van der Waals surface area (Å²) in [5.41, 5.74) is 7.25. The highest BCUT2D eigenvalue weighted by atomic mass is 16.5. The number of benzene rings is 1. The van der Waals surface area contributed by atoms with Crippen LogP contribution < -0.4 is 15.2 Å². The molecule has 1 unspecified atom stereocenters. The van der Waals surface area contributed by atoms with Crippen LogP contribution in [0.5, 0.6) is 11.5 Å². The van der Waals surface area contributed by atoms with Crippen molar-refractivity contribution >= 4 is 0 Å². The maximum absolute atomic E-state index is 6.13. The summed E-state index contributed by atoms with van der Waals surface area (Å²) in [6, 6.07) is 9.69. The fourth-order valence-electron chi connectivity index (χ4n) is 2.07. The van der Waals surface area contributed by atoms with Crippen LogP contribution in [0, 0.1) is 0 Å². The Bertz CT molecular complexity index is 508. The lowest BCUT2D eigenvalue weighted by molar-refractivity contribution is 0.354. The van der Waals surface area contributed by atoms with Gasteiger partial charge in [0.15, 0.2) is 11.5 Å². The molecule has 4 heteroatoms. The summed E-state index contributed by atoms with van der Waals surface area (Å²) >= 11 is 0. The molecule has 1 heterocycles. The molecule has 102 valence electrons. The zero-order valence-electron chi connectivity index (χ0n) is 11.3. The smallest absolute Gasteiger partial charge is 0.160 e. The van der Waals surface area contributed by atoms with Gasteiger partial charge < -0.3 is 19.6 Å². The minimum Gasteiger partial charge on any atom is -0.493 e. The van der Waals surface area contributed by atoms with Crippen molar-refractivity contribution in [3.05, 3.63) is 47.9 Å². The van der Waals surface area contributed by atoms with E-state index in [1.54, 1.807) is 20.5 Å². The fraction of sp³-hybridized carbons (Fsp3) is 0.333. The van der Waals surface area contributed by atoms with E-state index in [4.69, 9.17) is 19.6 Å². The van der Waals surface area contributed by atoms with Gasteiger partial charge in [0.25, 0.3) is 0 Å². The van der Waals surface area contributed by atoms with E-state index in [2.05, 4.69) is 0 Å². The monoisotopic (exact) mass is 261 g/mol. The van der Waals surface area contributed by atoms with Gasteiger partial charge in [-0.1, -0.05) is 6.07 Å². The summed E-state index contributed by atoms with van der Waals surface area (Å²) in [5.74, 6) is 2.36. The second-order valence-electron chi connectivity index (χ2n) is 4.44. The predicted octanol–water partition coefficient (Wildman–Crippen LogP) is 2.41. The minimum absolute atomic E-state index is 0.0178. The van der Waals surface area contributed by atoms with Gasteiger partial charge in [-0.15, -0.1) is 0 Å². The molecule has 1 aromatic heterocycles. The number of ether oxygens (including phenoxy) is 2. The molecule has 0 radical (unpaired) electrons. The van der Waals surface area contributed by atoms with Crippen LogP contribution in [0.4, 0.5) is 0 Å². The fourth-order valence-corrected chi connectivity index (χ4v) is 2.07. The second kappa shape index (κ2) is 6.29. The van der Waals surface area contributed by atoms with Crippen molar-refractivity contribution < 1.29 is 13.9 Å². The van der Waals surface area contributed by atoms with E-state index < -0.39 is 0 Å². The summed E-state index contributed by atoms with van der Waals surface area (Å²) in [6.45, 7) is 0. The molecule has 1 atom stereocenters. The van der Waals surface area contributed by atoms with Crippen LogP contribution in [0.1, 0.15) is 11.3 Å². The summed E-state index contributed by atoms with van der Waals surface area (Å²) in [5, 5.41) is 0. The lowest BCUT2D eigenvalue weighted by Gasteiger charge is -2.13. The minimum atomic E-state index is 0.0178. The van der Waals surface area contributed by atoms with Gasteiger partial charge in [-0.05, 0) is 36.2 Å². The van der Waals surface area contributed by atoms with Gasteiger partial charge in [0, 0.05) is 12.5 Å². The van der Waals surface area contributed by atoms with Gasteiger partial charge in [-0.2, -0.15) is 0 Å². The topological polar surface area (TPSA) is 57.6 Å². The molecule has 4 nitrogen and oxygen atoms in total. The molecule has 0 aliphatic heterocycles. The van der Waals surface area contributed by atoms with Crippen molar-refractivity contribution in [3.8, 4) is 11.5 Å². The van der Waals surface area contributed by atoms with Crippen LogP contribution >= 0.6 is 0 Å². The maximum atomic E-state index is 6.13. The molecular formula is C15H19NO3. The highest BCUT2D eigenvalue weighted by Crippen LogP contribution is 2.28. The van der Waals surface area contributed by atoms with Crippen LogP contribution in [0.15, 0.2) is 41.0 Å². The van der Waals surface area contributed by atoms with E-state index >= 15 is 0 Å². The van der Waals surface area contributed by atoms with Gasteiger partial charge >= 0.3 is 0 Å². The normalized spacial score (nSPS) is 12.2. The van der Waals surface area contributed by atoms with Crippen LogP contribution in [0.25, 0.3) is 0 Å². The number of nitrogens with two attached hydrogens (primary N) is 1. The quantitative estimate of drug-likeness (QED) is 0.867. The molecule has 0 saturated heterocycles. The molecule has 19 heavy (non-hydrogen) atoms. The molecule has 0 aliphatic carbocycles. The summed E-state index contributed by atoms with van der Waals surface area (Å²) in [6.07, 6.45) is 3.15. The summed E-state index contributed by atoms with van der Waals surface area (Å²) in [4.78, 5) is 0. The largest absolute Gasteiger partial charge is 0.493 e. The molecule has 2 rings (SSSR count). The molecule has 0 saturated carbocycles. The maximum Gasteiger partial charge on any atom is 0.160 e. The van der Waals surface area contributed by atoms with Crippen molar-refractivity contribution in [1.29, 1.82) is 0 Å². The van der Waals surface area contributed by atoms with Gasteiger partial charge in [0.1, 0.15) is 5.76 Å². The number of hydrogen-bond acceptors (Lipinski definition) is 4. The average molecular weight is 261 g/mol. The predicted molar refractivity (Wildman–Crippen MR) is 73.6 cm³/mol. The lowest BCUT2D eigenvalue weighted by atomic mass is 10.0. The van der Waals surface area contributed by atoms with E-state index in [-0.39, 0.29) is 6.04 Å². The third kappa shape index (κ3) is 3.51. The Kier molecular flexibility index (Phi) is 4.47. The van der Waals surface area contributed by atoms with Gasteiger partial charge in [-0.3, -0.25) is 0 Å². The van der Waals surface area contributed by atoms with E-state index in [0.717, 1.165) is 35.7 Å². The number of hydrogen-bond donors (Lipinski definition) is 1. The summed E-state index contributed by atoms with van der Waals surface area (Å²) < 4.78 is 15.8. The van der Waals surface area contributed by atoms with Gasteiger partial charge in [0.05, 0.1) is 20.5 Å². The van der Waals surface area contributed by atoms with Crippen molar-refractivity contribution in [2.45, 2.75) is 18.9 Å². The third-order valence-electron chi connectivity index (χ3n) is 2.99. The van der Waals surface area contributed by atoms with Crippen molar-refractivity contribution in [3.63, 3.8) is 0 Å². The summed E-state index contributed by atoms with van der Waals surface area (Å²) in [7, 11) is 3.25. The first-order valence-electron chi connectivity index (χ1n) is 6.21. The van der Waals surface area contributed by atoms with Gasteiger partial charge in [-0.25, -0.2) is 0 Å². The Morgan fingerprint density at radius 2 is 1.89 bits per heavy atom. The molecule has 2 aromatic rings.